The summed E-state index contributed by atoms with van der Waals surface area (Å²) >= 11 is 3.17. The first-order valence-electron chi connectivity index (χ1n) is 8.51. The molecular weight excluding hydrogens is 445 g/mol. The lowest BCUT2D eigenvalue weighted by atomic mass is 10.1. The molecule has 1 aliphatic rings. The third-order valence-electron chi connectivity index (χ3n) is 3.94. The van der Waals surface area contributed by atoms with E-state index >= 15 is 0 Å². The minimum absolute atomic E-state index is 0.0729. The van der Waals surface area contributed by atoms with Crippen LogP contribution in [0, 0.1) is 0 Å². The van der Waals surface area contributed by atoms with Gasteiger partial charge in [-0.05, 0) is 38.5 Å². The smallest absolute Gasteiger partial charge is 0.413 e. The normalized spacial score (nSPS) is 16.2. The Balaban J connectivity index is 1.97. The molecule has 1 aromatic carbocycles. The molecule has 0 unspecified atom stereocenters. The van der Waals surface area contributed by atoms with Gasteiger partial charge in [0.05, 0.1) is 13.1 Å². The Morgan fingerprint density at radius 3 is 2.18 bits per heavy atom. The molecule has 0 radical (unpaired) electrons. The molecule has 10 heteroatoms. The Morgan fingerprint density at radius 2 is 1.71 bits per heavy atom. The zero-order chi connectivity index (χ0) is 21.3. The highest BCUT2D eigenvalue weighted by molar-refractivity contribution is 9.10. The Labute approximate surface area is 169 Å². The van der Waals surface area contributed by atoms with Crippen LogP contribution in [0.25, 0.3) is 0 Å². The predicted molar refractivity (Wildman–Crippen MR) is 98.8 cm³/mol. The van der Waals surface area contributed by atoms with E-state index in [1.807, 2.05) is 0 Å². The zero-order valence-corrected chi connectivity index (χ0v) is 17.5. The number of ether oxygens (including phenoxy) is 2. The first kappa shape index (κ1) is 22.3. The Bertz CT molecular complexity index is 713. The highest BCUT2D eigenvalue weighted by Gasteiger charge is 2.46. The first-order chi connectivity index (χ1) is 12.8. The summed E-state index contributed by atoms with van der Waals surface area (Å²) in [7, 11) is 1.03. The summed E-state index contributed by atoms with van der Waals surface area (Å²) in [6, 6.07) is 3.38. The molecule has 1 aromatic rings. The van der Waals surface area contributed by atoms with Crippen molar-refractivity contribution in [2.24, 2.45) is 0 Å². The molecule has 2 amide bonds. The number of amides is 2. The SMILES string of the molecule is CN(C(=O)OC1CN(C(=O)OC(C)(C)C)C1)[C@@H](c1ccc(Br)cc1)C(F)(F)F. The lowest BCUT2D eigenvalue weighted by molar-refractivity contribution is -0.180. The van der Waals surface area contributed by atoms with Crippen molar-refractivity contribution in [3.05, 3.63) is 34.3 Å². The number of benzene rings is 1. The van der Waals surface area contributed by atoms with Gasteiger partial charge in [0.1, 0.15) is 11.7 Å². The topological polar surface area (TPSA) is 59.1 Å². The number of alkyl halides is 3. The molecule has 156 valence electrons. The van der Waals surface area contributed by atoms with Crippen molar-refractivity contribution >= 4 is 28.1 Å². The quantitative estimate of drug-likeness (QED) is 0.645. The van der Waals surface area contributed by atoms with Gasteiger partial charge in [-0.1, -0.05) is 28.1 Å². The van der Waals surface area contributed by atoms with Gasteiger partial charge in [0.25, 0.3) is 0 Å². The molecule has 1 saturated heterocycles. The minimum atomic E-state index is -4.68. The molecule has 0 saturated carbocycles. The summed E-state index contributed by atoms with van der Waals surface area (Å²) < 4.78 is 51.5. The Hall–Kier alpha value is -1.97. The third kappa shape index (κ3) is 5.76. The lowest BCUT2D eigenvalue weighted by Gasteiger charge is -2.40. The number of likely N-dealkylation sites (tertiary alicyclic amines) is 1. The molecule has 0 bridgehead atoms. The van der Waals surface area contributed by atoms with Gasteiger partial charge in [0, 0.05) is 11.5 Å². The van der Waals surface area contributed by atoms with Crippen LogP contribution in [0.15, 0.2) is 28.7 Å². The standard InChI is InChI=1S/C18H22BrF3N2O4/c1-17(2,3)28-16(26)24-9-13(10-24)27-15(25)23(4)14(18(20,21)22)11-5-7-12(19)8-6-11/h5-8,13-14H,9-10H2,1-4H3/t14-/m0/s1. The summed E-state index contributed by atoms with van der Waals surface area (Å²) in [5.41, 5.74) is -0.747. The molecule has 0 N–H and O–H groups in total. The Kier molecular flexibility index (Phi) is 6.52. The van der Waals surface area contributed by atoms with Crippen molar-refractivity contribution in [2.75, 3.05) is 20.1 Å². The van der Waals surface area contributed by atoms with Crippen molar-refractivity contribution in [3.63, 3.8) is 0 Å². The fraction of sp³-hybridized carbons (Fsp3) is 0.556. The summed E-state index contributed by atoms with van der Waals surface area (Å²) in [4.78, 5) is 25.9. The summed E-state index contributed by atoms with van der Waals surface area (Å²) in [6.45, 7) is 5.30. The zero-order valence-electron chi connectivity index (χ0n) is 15.9. The molecule has 1 aliphatic heterocycles. The number of halogens is 4. The number of rotatable bonds is 3. The maximum absolute atomic E-state index is 13.5. The van der Waals surface area contributed by atoms with Gasteiger partial charge in [-0.2, -0.15) is 13.2 Å². The van der Waals surface area contributed by atoms with Gasteiger partial charge < -0.3 is 14.4 Å². The van der Waals surface area contributed by atoms with Crippen LogP contribution in [0.2, 0.25) is 0 Å². The van der Waals surface area contributed by atoms with E-state index in [0.717, 1.165) is 7.05 Å². The summed E-state index contributed by atoms with van der Waals surface area (Å²) in [5, 5.41) is 0. The van der Waals surface area contributed by atoms with Crippen LogP contribution in [0.5, 0.6) is 0 Å². The van der Waals surface area contributed by atoms with E-state index in [1.165, 1.54) is 29.2 Å². The van der Waals surface area contributed by atoms with Crippen molar-refractivity contribution in [3.8, 4) is 0 Å². The number of carbonyl (C=O) groups is 2. The van der Waals surface area contributed by atoms with E-state index in [1.54, 1.807) is 20.8 Å². The third-order valence-corrected chi connectivity index (χ3v) is 4.47. The molecule has 1 atom stereocenters. The maximum atomic E-state index is 13.5. The van der Waals surface area contributed by atoms with Crippen LogP contribution in [-0.2, 0) is 9.47 Å². The van der Waals surface area contributed by atoms with Gasteiger partial charge in [-0.15, -0.1) is 0 Å². The van der Waals surface area contributed by atoms with E-state index in [4.69, 9.17) is 9.47 Å². The van der Waals surface area contributed by atoms with Crippen LogP contribution < -0.4 is 0 Å². The largest absolute Gasteiger partial charge is 0.444 e. The van der Waals surface area contributed by atoms with E-state index in [-0.39, 0.29) is 18.7 Å². The Morgan fingerprint density at radius 1 is 1.18 bits per heavy atom. The predicted octanol–water partition coefficient (Wildman–Crippen LogP) is 4.74. The second-order valence-electron chi connectivity index (χ2n) is 7.50. The molecule has 0 aliphatic carbocycles. The van der Waals surface area contributed by atoms with E-state index in [0.29, 0.717) is 9.37 Å². The minimum Gasteiger partial charge on any atom is -0.444 e. The number of carbonyl (C=O) groups excluding carboxylic acids is 2. The average Bonchev–Trinajstić information content (AvgIpc) is 2.49. The molecule has 6 nitrogen and oxygen atoms in total. The molecule has 1 heterocycles. The monoisotopic (exact) mass is 466 g/mol. The van der Waals surface area contributed by atoms with Gasteiger partial charge in [0.2, 0.25) is 0 Å². The number of hydrogen-bond acceptors (Lipinski definition) is 4. The van der Waals surface area contributed by atoms with Crippen LogP contribution in [0.3, 0.4) is 0 Å². The summed E-state index contributed by atoms with van der Waals surface area (Å²) in [5.74, 6) is 0. The second kappa shape index (κ2) is 8.18. The fourth-order valence-corrected chi connectivity index (χ4v) is 2.86. The molecule has 0 spiro atoms. The number of nitrogens with zero attached hydrogens (tertiary/aromatic N) is 2. The van der Waals surface area contributed by atoms with Gasteiger partial charge >= 0.3 is 18.4 Å². The van der Waals surface area contributed by atoms with Gasteiger partial charge in [-0.25, -0.2) is 9.59 Å². The van der Waals surface area contributed by atoms with Crippen molar-refractivity contribution < 1.29 is 32.2 Å². The lowest BCUT2D eigenvalue weighted by Crippen LogP contribution is -2.57. The van der Waals surface area contributed by atoms with Crippen molar-refractivity contribution in [1.29, 1.82) is 0 Å². The van der Waals surface area contributed by atoms with Gasteiger partial charge in [0.15, 0.2) is 6.04 Å². The van der Waals surface area contributed by atoms with Crippen LogP contribution >= 0.6 is 15.9 Å². The van der Waals surface area contributed by atoms with Crippen molar-refractivity contribution in [1.82, 2.24) is 9.80 Å². The van der Waals surface area contributed by atoms with Crippen molar-refractivity contribution in [2.45, 2.75) is 44.7 Å². The first-order valence-corrected chi connectivity index (χ1v) is 9.31. The van der Waals surface area contributed by atoms with E-state index in [2.05, 4.69) is 15.9 Å². The van der Waals surface area contributed by atoms with E-state index < -0.39 is 36.1 Å². The fourth-order valence-electron chi connectivity index (χ4n) is 2.60. The molecule has 1 fully saturated rings. The average molecular weight is 467 g/mol. The van der Waals surface area contributed by atoms with Crippen LogP contribution in [0.4, 0.5) is 22.8 Å². The van der Waals surface area contributed by atoms with Crippen LogP contribution in [-0.4, -0.2) is 60.0 Å². The maximum Gasteiger partial charge on any atom is 0.413 e. The highest BCUT2D eigenvalue weighted by atomic mass is 79.9. The molecule has 0 aromatic heterocycles. The second-order valence-corrected chi connectivity index (χ2v) is 8.41. The van der Waals surface area contributed by atoms with Crippen LogP contribution in [0.1, 0.15) is 32.4 Å². The van der Waals surface area contributed by atoms with E-state index in [9.17, 15) is 22.8 Å². The highest BCUT2D eigenvalue weighted by Crippen LogP contribution is 2.38. The summed E-state index contributed by atoms with van der Waals surface area (Å²) in [6.07, 6.45) is -7.03. The molecule has 28 heavy (non-hydrogen) atoms. The molecule has 2 rings (SSSR count). The van der Waals surface area contributed by atoms with Gasteiger partial charge in [-0.3, -0.25) is 4.90 Å². The molecular formula is C18H22BrF3N2O4. The number of hydrogen-bond donors (Lipinski definition) is 0.